The van der Waals surface area contributed by atoms with Gasteiger partial charge in [-0.05, 0) is 17.4 Å². The van der Waals surface area contributed by atoms with Crippen molar-refractivity contribution in [3.05, 3.63) is 29.8 Å². The second-order valence-electron chi connectivity index (χ2n) is 2.55. The smallest absolute Gasteiger partial charge is 0.423 e. The lowest BCUT2D eigenvalue weighted by atomic mass is 9.80. The van der Waals surface area contributed by atoms with Crippen molar-refractivity contribution in [2.24, 2.45) is 0 Å². The largest absolute Gasteiger partial charge is 0.488 e. The number of aryl methyl sites for hydroxylation is 1. The lowest BCUT2D eigenvalue weighted by Crippen LogP contribution is -2.29. The average Bonchev–Trinajstić information content (AvgIpc) is 2.06. The van der Waals surface area contributed by atoms with Gasteiger partial charge < -0.3 is 10.0 Å². The van der Waals surface area contributed by atoms with Crippen molar-refractivity contribution in [1.82, 2.24) is 0 Å². The standard InChI is InChI=1S/C8H10BBrO2/c10-6-5-7-1-3-8(4-2-7)9(11)12/h1-4,11-12H,5-6H2. The Morgan fingerprint density at radius 3 is 2.17 bits per heavy atom. The molecule has 0 unspecified atom stereocenters. The minimum atomic E-state index is -1.36. The first-order valence-corrected chi connectivity index (χ1v) is 4.87. The van der Waals surface area contributed by atoms with E-state index in [0.29, 0.717) is 5.46 Å². The van der Waals surface area contributed by atoms with Gasteiger partial charge in [0.2, 0.25) is 0 Å². The second kappa shape index (κ2) is 4.65. The fraction of sp³-hybridized carbons (Fsp3) is 0.250. The van der Waals surface area contributed by atoms with Crippen LogP contribution in [0, 0.1) is 0 Å². The van der Waals surface area contributed by atoms with Gasteiger partial charge in [-0.1, -0.05) is 40.2 Å². The minimum Gasteiger partial charge on any atom is -0.423 e. The highest BCUT2D eigenvalue weighted by molar-refractivity contribution is 9.09. The van der Waals surface area contributed by atoms with E-state index in [2.05, 4.69) is 15.9 Å². The Morgan fingerprint density at radius 2 is 1.75 bits per heavy atom. The molecule has 1 aromatic rings. The van der Waals surface area contributed by atoms with Crippen LogP contribution in [0.4, 0.5) is 0 Å². The maximum atomic E-state index is 8.79. The highest BCUT2D eigenvalue weighted by atomic mass is 79.9. The number of benzene rings is 1. The molecule has 0 bridgehead atoms. The highest BCUT2D eigenvalue weighted by Gasteiger charge is 2.08. The van der Waals surface area contributed by atoms with Crippen molar-refractivity contribution in [1.29, 1.82) is 0 Å². The summed E-state index contributed by atoms with van der Waals surface area (Å²) in [5.41, 5.74) is 1.73. The Balaban J connectivity index is 2.71. The Bertz CT molecular complexity index is 235. The Hall–Kier alpha value is -0.315. The van der Waals surface area contributed by atoms with Crippen LogP contribution in [0.5, 0.6) is 0 Å². The van der Waals surface area contributed by atoms with E-state index in [0.717, 1.165) is 11.8 Å². The zero-order valence-corrected chi connectivity index (χ0v) is 8.16. The molecule has 0 amide bonds. The van der Waals surface area contributed by atoms with Crippen molar-refractivity contribution in [3.8, 4) is 0 Å². The van der Waals surface area contributed by atoms with Gasteiger partial charge in [-0.25, -0.2) is 0 Å². The van der Waals surface area contributed by atoms with Crippen LogP contribution >= 0.6 is 15.9 Å². The van der Waals surface area contributed by atoms with Gasteiger partial charge in [-0.15, -0.1) is 0 Å². The minimum absolute atomic E-state index is 0.535. The van der Waals surface area contributed by atoms with Crippen LogP contribution in [0.25, 0.3) is 0 Å². The van der Waals surface area contributed by atoms with Gasteiger partial charge in [0.1, 0.15) is 0 Å². The predicted octanol–water partition coefficient (Wildman–Crippen LogP) is 0.304. The van der Waals surface area contributed by atoms with Crippen LogP contribution in [-0.4, -0.2) is 22.5 Å². The molecule has 0 aliphatic heterocycles. The summed E-state index contributed by atoms with van der Waals surface area (Å²) in [6.07, 6.45) is 0.960. The molecule has 0 radical (unpaired) electrons. The van der Waals surface area contributed by atoms with Gasteiger partial charge in [-0.3, -0.25) is 0 Å². The summed E-state index contributed by atoms with van der Waals surface area (Å²) in [5.74, 6) is 0. The van der Waals surface area contributed by atoms with Gasteiger partial charge in [-0.2, -0.15) is 0 Å². The monoisotopic (exact) mass is 228 g/mol. The molecule has 2 N–H and O–H groups in total. The van der Waals surface area contributed by atoms with Crippen LogP contribution in [0.3, 0.4) is 0 Å². The van der Waals surface area contributed by atoms with Crippen LogP contribution in [0.15, 0.2) is 24.3 Å². The molecule has 0 aromatic heterocycles. The number of halogens is 1. The van der Waals surface area contributed by atoms with E-state index in [4.69, 9.17) is 10.0 Å². The van der Waals surface area contributed by atoms with Crippen molar-refractivity contribution in [2.75, 3.05) is 5.33 Å². The van der Waals surface area contributed by atoms with E-state index in [9.17, 15) is 0 Å². The average molecular weight is 229 g/mol. The topological polar surface area (TPSA) is 40.5 Å². The molecule has 2 nitrogen and oxygen atoms in total. The molecule has 4 heteroatoms. The highest BCUT2D eigenvalue weighted by Crippen LogP contribution is 2.00. The molecule has 0 aliphatic rings. The molecule has 0 aliphatic carbocycles. The molecule has 64 valence electrons. The SMILES string of the molecule is OB(O)c1ccc(CCBr)cc1. The number of alkyl halides is 1. The summed E-state index contributed by atoms with van der Waals surface area (Å²) in [7, 11) is -1.36. The molecule has 1 rings (SSSR count). The lowest BCUT2D eigenvalue weighted by Gasteiger charge is -2.00. The lowest BCUT2D eigenvalue weighted by molar-refractivity contribution is 0.426. The molecule has 0 saturated heterocycles. The van der Waals surface area contributed by atoms with Crippen LogP contribution in [0.2, 0.25) is 0 Å². The van der Waals surface area contributed by atoms with Crippen LogP contribution < -0.4 is 5.46 Å². The normalized spacial score (nSPS) is 9.92. The van der Waals surface area contributed by atoms with E-state index < -0.39 is 7.12 Å². The fourth-order valence-electron chi connectivity index (χ4n) is 0.966. The first kappa shape index (κ1) is 9.77. The third kappa shape index (κ3) is 2.62. The molecule has 0 heterocycles. The van der Waals surface area contributed by atoms with Crippen molar-refractivity contribution < 1.29 is 10.0 Å². The first-order chi connectivity index (χ1) is 5.74. The van der Waals surface area contributed by atoms with Crippen molar-refractivity contribution in [3.63, 3.8) is 0 Å². The summed E-state index contributed by atoms with van der Waals surface area (Å²) < 4.78 is 0. The fourth-order valence-corrected chi connectivity index (χ4v) is 1.42. The van der Waals surface area contributed by atoms with Crippen LogP contribution in [-0.2, 0) is 6.42 Å². The van der Waals surface area contributed by atoms with Crippen molar-refractivity contribution >= 4 is 28.5 Å². The van der Waals surface area contributed by atoms with Gasteiger partial charge in [0.05, 0.1) is 0 Å². The molecular weight excluding hydrogens is 219 g/mol. The maximum Gasteiger partial charge on any atom is 0.488 e. The number of rotatable bonds is 3. The molecule has 1 aromatic carbocycles. The molecular formula is C8H10BBrO2. The molecule has 0 fully saturated rings. The van der Waals surface area contributed by atoms with Gasteiger partial charge >= 0.3 is 7.12 Å². The van der Waals surface area contributed by atoms with E-state index in [-0.39, 0.29) is 0 Å². The summed E-state index contributed by atoms with van der Waals surface area (Å²) in [5, 5.41) is 18.5. The molecule has 0 atom stereocenters. The summed E-state index contributed by atoms with van der Waals surface area (Å²) in [6.45, 7) is 0. The van der Waals surface area contributed by atoms with E-state index >= 15 is 0 Å². The summed E-state index contributed by atoms with van der Waals surface area (Å²) >= 11 is 3.33. The third-order valence-electron chi connectivity index (χ3n) is 1.66. The Morgan fingerprint density at radius 1 is 1.17 bits per heavy atom. The zero-order valence-electron chi connectivity index (χ0n) is 6.57. The van der Waals surface area contributed by atoms with Crippen LogP contribution in [0.1, 0.15) is 5.56 Å². The quantitative estimate of drug-likeness (QED) is 0.578. The zero-order chi connectivity index (χ0) is 8.97. The number of hydrogen-bond donors (Lipinski definition) is 2. The molecule has 12 heavy (non-hydrogen) atoms. The third-order valence-corrected chi connectivity index (χ3v) is 2.06. The first-order valence-electron chi connectivity index (χ1n) is 3.75. The predicted molar refractivity (Wildman–Crippen MR) is 53.8 cm³/mol. The summed E-state index contributed by atoms with van der Waals surface area (Å²) in [6, 6.07) is 7.25. The van der Waals surface area contributed by atoms with Gasteiger partial charge in [0.25, 0.3) is 0 Å². The van der Waals surface area contributed by atoms with E-state index in [1.54, 1.807) is 12.1 Å². The summed E-state index contributed by atoms with van der Waals surface area (Å²) in [4.78, 5) is 0. The van der Waals surface area contributed by atoms with Gasteiger partial charge in [0.15, 0.2) is 0 Å². The van der Waals surface area contributed by atoms with Gasteiger partial charge in [0, 0.05) is 5.33 Å². The van der Waals surface area contributed by atoms with E-state index in [1.165, 1.54) is 5.56 Å². The Labute approximate surface area is 80.5 Å². The Kier molecular flexibility index (Phi) is 3.78. The van der Waals surface area contributed by atoms with Crippen molar-refractivity contribution in [2.45, 2.75) is 6.42 Å². The molecule has 0 spiro atoms. The van der Waals surface area contributed by atoms with E-state index in [1.807, 2.05) is 12.1 Å². The maximum absolute atomic E-state index is 8.79. The molecule has 0 saturated carbocycles. The number of hydrogen-bond acceptors (Lipinski definition) is 2. The second-order valence-corrected chi connectivity index (χ2v) is 3.35.